The highest BCUT2D eigenvalue weighted by molar-refractivity contribution is 6.07. The van der Waals surface area contributed by atoms with Crippen LogP contribution in [-0.4, -0.2) is 10.9 Å². The Hall–Kier alpha value is -2.43. The summed E-state index contributed by atoms with van der Waals surface area (Å²) in [5, 5.41) is 2.61. The van der Waals surface area contributed by atoms with Crippen LogP contribution in [0.1, 0.15) is 15.9 Å². The molecule has 0 aliphatic heterocycles. The summed E-state index contributed by atoms with van der Waals surface area (Å²) in [6.45, 7) is 1.59. The van der Waals surface area contributed by atoms with Gasteiger partial charge in [0.1, 0.15) is 5.82 Å². The smallest absolute Gasteiger partial charge is 0.259 e. The maximum Gasteiger partial charge on any atom is 0.259 e. The topological polar surface area (TPSA) is 68.0 Å². The molecule has 0 bridgehead atoms. The van der Waals surface area contributed by atoms with Gasteiger partial charge >= 0.3 is 0 Å². The molecule has 0 aliphatic carbocycles. The number of carbonyl (C=O) groups excluding carboxylic acids is 1. The van der Waals surface area contributed by atoms with E-state index in [9.17, 15) is 9.18 Å². The van der Waals surface area contributed by atoms with Gasteiger partial charge in [-0.2, -0.15) is 0 Å². The van der Waals surface area contributed by atoms with Crippen LogP contribution in [0, 0.1) is 12.7 Å². The summed E-state index contributed by atoms with van der Waals surface area (Å²) >= 11 is 0. The first-order valence-electron chi connectivity index (χ1n) is 5.35. The van der Waals surface area contributed by atoms with Crippen molar-refractivity contribution in [2.24, 2.45) is 0 Å². The molecule has 5 heteroatoms. The summed E-state index contributed by atoms with van der Waals surface area (Å²) in [6.07, 6.45) is 2.87. The third-order valence-corrected chi connectivity index (χ3v) is 2.62. The first kappa shape index (κ1) is 12.0. The van der Waals surface area contributed by atoms with Gasteiger partial charge in [0.15, 0.2) is 0 Å². The fourth-order valence-corrected chi connectivity index (χ4v) is 1.53. The molecule has 1 amide bonds. The number of hydrogen-bond donors (Lipinski definition) is 2. The quantitative estimate of drug-likeness (QED) is 0.853. The van der Waals surface area contributed by atoms with Crippen molar-refractivity contribution in [3.05, 3.63) is 53.6 Å². The van der Waals surface area contributed by atoms with Crippen LogP contribution in [0.4, 0.5) is 15.8 Å². The minimum Gasteiger partial charge on any atom is -0.398 e. The molecule has 0 aliphatic rings. The van der Waals surface area contributed by atoms with Crippen molar-refractivity contribution in [1.82, 2.24) is 4.98 Å². The zero-order valence-corrected chi connectivity index (χ0v) is 9.77. The van der Waals surface area contributed by atoms with Gasteiger partial charge in [-0.3, -0.25) is 9.78 Å². The molecule has 92 valence electrons. The van der Waals surface area contributed by atoms with E-state index in [1.807, 2.05) is 0 Å². The molecule has 0 spiro atoms. The number of pyridine rings is 1. The summed E-state index contributed by atoms with van der Waals surface area (Å²) in [4.78, 5) is 15.8. The number of halogens is 1. The third-order valence-electron chi connectivity index (χ3n) is 2.62. The van der Waals surface area contributed by atoms with Gasteiger partial charge in [-0.25, -0.2) is 4.39 Å². The Morgan fingerprint density at radius 2 is 2.17 bits per heavy atom. The van der Waals surface area contributed by atoms with E-state index in [0.717, 1.165) is 0 Å². The zero-order chi connectivity index (χ0) is 13.1. The minimum absolute atomic E-state index is 0.265. The van der Waals surface area contributed by atoms with Crippen LogP contribution in [0.25, 0.3) is 0 Å². The molecule has 0 unspecified atom stereocenters. The molecule has 0 saturated heterocycles. The summed E-state index contributed by atoms with van der Waals surface area (Å²) in [7, 11) is 0. The Balaban J connectivity index is 2.27. The molecule has 2 rings (SSSR count). The zero-order valence-electron chi connectivity index (χ0n) is 9.77. The highest BCUT2D eigenvalue weighted by Crippen LogP contribution is 2.19. The molecule has 18 heavy (non-hydrogen) atoms. The van der Waals surface area contributed by atoms with Crippen molar-refractivity contribution in [2.45, 2.75) is 6.92 Å². The lowest BCUT2D eigenvalue weighted by atomic mass is 10.1. The second-order valence-electron chi connectivity index (χ2n) is 3.83. The molecule has 4 nitrogen and oxygen atoms in total. The number of amides is 1. The average molecular weight is 245 g/mol. The van der Waals surface area contributed by atoms with Crippen LogP contribution in [0.2, 0.25) is 0 Å². The van der Waals surface area contributed by atoms with Gasteiger partial charge < -0.3 is 11.1 Å². The van der Waals surface area contributed by atoms with Gasteiger partial charge in [0, 0.05) is 29.3 Å². The van der Waals surface area contributed by atoms with Crippen molar-refractivity contribution < 1.29 is 9.18 Å². The van der Waals surface area contributed by atoms with E-state index in [2.05, 4.69) is 10.3 Å². The van der Waals surface area contributed by atoms with Crippen LogP contribution in [0.15, 0.2) is 36.7 Å². The number of nitrogen functional groups attached to an aromatic ring is 1. The Labute approximate surface area is 104 Å². The summed E-state index contributed by atoms with van der Waals surface area (Å²) in [5.74, 6) is -0.777. The van der Waals surface area contributed by atoms with Gasteiger partial charge in [0.05, 0.1) is 5.56 Å². The van der Waals surface area contributed by atoms with E-state index in [-0.39, 0.29) is 11.4 Å². The first-order chi connectivity index (χ1) is 8.59. The van der Waals surface area contributed by atoms with Crippen molar-refractivity contribution in [2.75, 3.05) is 11.1 Å². The van der Waals surface area contributed by atoms with E-state index in [1.54, 1.807) is 13.0 Å². The molecule has 2 aromatic rings. The van der Waals surface area contributed by atoms with Gasteiger partial charge in [-0.05, 0) is 25.1 Å². The number of nitrogens with one attached hydrogen (secondary N) is 1. The lowest BCUT2D eigenvalue weighted by Gasteiger charge is -2.09. The standard InChI is InChI=1S/C13H12FN3O/c1-8-10(14)3-2-4-12(8)17-13(18)9-7-16-6-5-11(9)15/h2-7H,1H3,(H2,15,16)(H,17,18). The van der Waals surface area contributed by atoms with E-state index in [1.165, 1.54) is 30.6 Å². The monoisotopic (exact) mass is 245 g/mol. The number of nitrogens with zero attached hydrogens (tertiary/aromatic N) is 1. The molecular formula is C13H12FN3O. The van der Waals surface area contributed by atoms with Gasteiger partial charge in [0.2, 0.25) is 0 Å². The normalized spacial score (nSPS) is 10.1. The SMILES string of the molecule is Cc1c(F)cccc1NC(=O)c1cnccc1N. The predicted molar refractivity (Wildman–Crippen MR) is 67.7 cm³/mol. The van der Waals surface area contributed by atoms with Crippen molar-refractivity contribution in [3.8, 4) is 0 Å². The second-order valence-corrected chi connectivity index (χ2v) is 3.83. The lowest BCUT2D eigenvalue weighted by Crippen LogP contribution is -2.15. The fourth-order valence-electron chi connectivity index (χ4n) is 1.53. The van der Waals surface area contributed by atoms with Crippen molar-refractivity contribution in [1.29, 1.82) is 0 Å². The Morgan fingerprint density at radius 3 is 2.89 bits per heavy atom. The van der Waals surface area contributed by atoms with Crippen LogP contribution in [-0.2, 0) is 0 Å². The Morgan fingerprint density at radius 1 is 1.39 bits per heavy atom. The molecule has 1 heterocycles. The highest BCUT2D eigenvalue weighted by atomic mass is 19.1. The molecule has 1 aromatic heterocycles. The molecular weight excluding hydrogens is 233 g/mol. The number of anilines is 2. The molecule has 1 aromatic carbocycles. The largest absolute Gasteiger partial charge is 0.398 e. The average Bonchev–Trinajstić information content (AvgIpc) is 2.35. The number of hydrogen-bond acceptors (Lipinski definition) is 3. The minimum atomic E-state index is -0.408. The highest BCUT2D eigenvalue weighted by Gasteiger charge is 2.12. The number of nitrogens with two attached hydrogens (primary N) is 1. The Kier molecular flexibility index (Phi) is 3.23. The van der Waals surface area contributed by atoms with Crippen molar-refractivity contribution in [3.63, 3.8) is 0 Å². The second kappa shape index (κ2) is 4.83. The first-order valence-corrected chi connectivity index (χ1v) is 5.35. The number of aromatic nitrogens is 1. The van der Waals surface area contributed by atoms with Crippen LogP contribution < -0.4 is 11.1 Å². The Bertz CT molecular complexity index is 599. The fraction of sp³-hybridized carbons (Fsp3) is 0.0769. The molecule has 3 N–H and O–H groups in total. The van der Waals surface area contributed by atoms with E-state index >= 15 is 0 Å². The van der Waals surface area contributed by atoms with Gasteiger partial charge in [-0.1, -0.05) is 6.07 Å². The van der Waals surface area contributed by atoms with E-state index < -0.39 is 5.91 Å². The van der Waals surface area contributed by atoms with E-state index in [0.29, 0.717) is 16.9 Å². The van der Waals surface area contributed by atoms with E-state index in [4.69, 9.17) is 5.73 Å². The van der Waals surface area contributed by atoms with Crippen LogP contribution >= 0.6 is 0 Å². The maximum atomic E-state index is 13.3. The summed E-state index contributed by atoms with van der Waals surface area (Å²) in [6, 6.07) is 6.03. The molecule has 0 saturated carbocycles. The molecule has 0 atom stereocenters. The molecule has 0 fully saturated rings. The van der Waals surface area contributed by atoms with Gasteiger partial charge in [-0.15, -0.1) is 0 Å². The lowest BCUT2D eigenvalue weighted by molar-refractivity contribution is 0.102. The predicted octanol–water partition coefficient (Wildman–Crippen LogP) is 2.36. The maximum absolute atomic E-state index is 13.3. The van der Waals surface area contributed by atoms with Crippen LogP contribution in [0.5, 0.6) is 0 Å². The van der Waals surface area contributed by atoms with Gasteiger partial charge in [0.25, 0.3) is 5.91 Å². The number of benzene rings is 1. The molecule has 0 radical (unpaired) electrons. The summed E-state index contributed by atoms with van der Waals surface area (Å²) < 4.78 is 13.3. The summed E-state index contributed by atoms with van der Waals surface area (Å²) in [5.41, 5.74) is 7.07. The van der Waals surface area contributed by atoms with Crippen LogP contribution in [0.3, 0.4) is 0 Å². The van der Waals surface area contributed by atoms with Crippen molar-refractivity contribution >= 4 is 17.3 Å². The third kappa shape index (κ3) is 2.29. The number of rotatable bonds is 2. The number of carbonyl (C=O) groups is 1.